The van der Waals surface area contributed by atoms with Gasteiger partial charge in [-0.1, -0.05) is 20.8 Å². The number of rotatable bonds is 2. The number of ether oxygens (including phenoxy) is 1. The van der Waals surface area contributed by atoms with Crippen molar-refractivity contribution in [2.45, 2.75) is 58.5 Å². The minimum atomic E-state index is 0.482. The Morgan fingerprint density at radius 3 is 2.56 bits per heavy atom. The van der Waals surface area contributed by atoms with Crippen LogP contribution in [0.3, 0.4) is 0 Å². The Labute approximate surface area is 99.1 Å². The highest BCUT2D eigenvalue weighted by Crippen LogP contribution is 2.62. The maximum Gasteiger partial charge on any atom is 0.0620 e. The molecule has 1 heterocycles. The Morgan fingerprint density at radius 2 is 2.00 bits per heavy atom. The summed E-state index contributed by atoms with van der Waals surface area (Å²) >= 11 is 0. The molecule has 2 bridgehead atoms. The van der Waals surface area contributed by atoms with E-state index in [4.69, 9.17) is 4.74 Å². The molecule has 92 valence electrons. The van der Waals surface area contributed by atoms with Gasteiger partial charge < -0.3 is 10.1 Å². The zero-order valence-electron chi connectivity index (χ0n) is 10.9. The maximum absolute atomic E-state index is 5.49. The number of fused-ring (bicyclic) bond motifs is 2. The van der Waals surface area contributed by atoms with Gasteiger partial charge in [0.05, 0.1) is 6.61 Å². The SMILES string of the molecule is CC1(C)C(NC2CCOC2)[C@]2(C)CC[C@H]1C2. The highest BCUT2D eigenvalue weighted by molar-refractivity contribution is 5.12. The van der Waals surface area contributed by atoms with Gasteiger partial charge in [-0.05, 0) is 42.4 Å². The molecule has 0 radical (unpaired) electrons. The fourth-order valence-corrected chi connectivity index (χ4v) is 4.62. The standard InChI is InChI=1S/C14H25NO/c1-13(2)10-4-6-14(3,8-10)12(13)15-11-5-7-16-9-11/h10-12,15H,4-9H2,1-3H3/t10-,11?,12?,14+/m0/s1. The molecule has 0 amide bonds. The first-order chi connectivity index (χ1) is 7.52. The molecular weight excluding hydrogens is 198 g/mol. The van der Waals surface area contributed by atoms with Gasteiger partial charge >= 0.3 is 0 Å². The molecule has 1 aliphatic heterocycles. The third-order valence-corrected chi connectivity index (χ3v) is 5.60. The second-order valence-corrected chi connectivity index (χ2v) is 7.08. The highest BCUT2D eigenvalue weighted by atomic mass is 16.5. The highest BCUT2D eigenvalue weighted by Gasteiger charge is 2.59. The van der Waals surface area contributed by atoms with Crippen LogP contribution in [-0.4, -0.2) is 25.3 Å². The van der Waals surface area contributed by atoms with Crippen LogP contribution < -0.4 is 5.32 Å². The molecule has 2 nitrogen and oxygen atoms in total. The second kappa shape index (κ2) is 3.46. The number of nitrogens with one attached hydrogen (secondary N) is 1. The van der Waals surface area contributed by atoms with Crippen molar-refractivity contribution in [3.8, 4) is 0 Å². The molecule has 3 fully saturated rings. The molecule has 3 rings (SSSR count). The van der Waals surface area contributed by atoms with Crippen molar-refractivity contribution in [2.75, 3.05) is 13.2 Å². The molecule has 0 aromatic rings. The predicted octanol–water partition coefficient (Wildman–Crippen LogP) is 2.58. The van der Waals surface area contributed by atoms with Crippen LogP contribution >= 0.6 is 0 Å². The zero-order valence-corrected chi connectivity index (χ0v) is 10.9. The van der Waals surface area contributed by atoms with E-state index in [9.17, 15) is 0 Å². The van der Waals surface area contributed by atoms with E-state index >= 15 is 0 Å². The molecule has 0 aromatic heterocycles. The number of hydrogen-bond donors (Lipinski definition) is 1. The Balaban J connectivity index is 1.77. The molecule has 4 atom stereocenters. The Kier molecular flexibility index (Phi) is 2.38. The molecule has 1 N–H and O–H groups in total. The van der Waals surface area contributed by atoms with Gasteiger partial charge in [0.25, 0.3) is 0 Å². The van der Waals surface area contributed by atoms with Crippen LogP contribution in [0.4, 0.5) is 0 Å². The molecule has 2 aliphatic carbocycles. The first-order valence-electron chi connectivity index (χ1n) is 6.86. The summed E-state index contributed by atoms with van der Waals surface area (Å²) in [4.78, 5) is 0. The smallest absolute Gasteiger partial charge is 0.0620 e. The van der Waals surface area contributed by atoms with Gasteiger partial charge in [0.2, 0.25) is 0 Å². The average molecular weight is 223 g/mol. The first-order valence-corrected chi connectivity index (χ1v) is 6.86. The summed E-state index contributed by atoms with van der Waals surface area (Å²) in [6, 6.07) is 1.31. The lowest BCUT2D eigenvalue weighted by atomic mass is 9.68. The lowest BCUT2D eigenvalue weighted by Gasteiger charge is -2.44. The van der Waals surface area contributed by atoms with E-state index in [1.165, 1.54) is 25.7 Å². The van der Waals surface area contributed by atoms with E-state index in [-0.39, 0.29) is 0 Å². The van der Waals surface area contributed by atoms with Crippen LogP contribution in [0, 0.1) is 16.7 Å². The third kappa shape index (κ3) is 1.46. The summed E-state index contributed by atoms with van der Waals surface area (Å²) < 4.78 is 5.49. The van der Waals surface area contributed by atoms with E-state index in [0.717, 1.165) is 19.1 Å². The average Bonchev–Trinajstić information content (AvgIpc) is 2.85. The van der Waals surface area contributed by atoms with E-state index < -0.39 is 0 Å². The quantitative estimate of drug-likeness (QED) is 0.777. The minimum Gasteiger partial charge on any atom is -0.380 e. The third-order valence-electron chi connectivity index (χ3n) is 5.60. The molecule has 16 heavy (non-hydrogen) atoms. The topological polar surface area (TPSA) is 21.3 Å². The Morgan fingerprint density at radius 1 is 1.19 bits per heavy atom. The number of hydrogen-bond acceptors (Lipinski definition) is 2. The lowest BCUT2D eigenvalue weighted by molar-refractivity contribution is 0.0942. The Bertz CT molecular complexity index is 278. The van der Waals surface area contributed by atoms with E-state index in [1.54, 1.807) is 0 Å². The van der Waals surface area contributed by atoms with Crippen LogP contribution in [0.25, 0.3) is 0 Å². The summed E-state index contributed by atoms with van der Waals surface area (Å²) in [6.07, 6.45) is 5.51. The molecule has 2 heteroatoms. The van der Waals surface area contributed by atoms with Crippen molar-refractivity contribution in [1.29, 1.82) is 0 Å². The fourth-order valence-electron chi connectivity index (χ4n) is 4.62. The molecule has 3 aliphatic rings. The van der Waals surface area contributed by atoms with Crippen molar-refractivity contribution in [3.63, 3.8) is 0 Å². The molecule has 2 unspecified atom stereocenters. The van der Waals surface area contributed by atoms with Gasteiger partial charge in [-0.2, -0.15) is 0 Å². The summed E-state index contributed by atoms with van der Waals surface area (Å²) in [6.45, 7) is 9.30. The van der Waals surface area contributed by atoms with E-state index in [1.807, 2.05) is 0 Å². The van der Waals surface area contributed by atoms with Gasteiger partial charge in [-0.15, -0.1) is 0 Å². The van der Waals surface area contributed by atoms with E-state index in [2.05, 4.69) is 26.1 Å². The van der Waals surface area contributed by atoms with Gasteiger partial charge in [-0.25, -0.2) is 0 Å². The van der Waals surface area contributed by atoms with Gasteiger partial charge in [-0.3, -0.25) is 0 Å². The van der Waals surface area contributed by atoms with Crippen LogP contribution in [0.2, 0.25) is 0 Å². The van der Waals surface area contributed by atoms with Crippen LogP contribution in [-0.2, 0) is 4.74 Å². The van der Waals surface area contributed by atoms with Crippen molar-refractivity contribution < 1.29 is 4.74 Å². The van der Waals surface area contributed by atoms with Crippen LogP contribution in [0.5, 0.6) is 0 Å². The minimum absolute atomic E-state index is 0.482. The van der Waals surface area contributed by atoms with Crippen LogP contribution in [0.1, 0.15) is 46.5 Å². The fraction of sp³-hybridized carbons (Fsp3) is 1.00. The van der Waals surface area contributed by atoms with E-state index in [0.29, 0.717) is 22.9 Å². The van der Waals surface area contributed by atoms with Crippen molar-refractivity contribution >= 4 is 0 Å². The largest absolute Gasteiger partial charge is 0.380 e. The first kappa shape index (κ1) is 11.0. The van der Waals surface area contributed by atoms with Gasteiger partial charge in [0.15, 0.2) is 0 Å². The van der Waals surface area contributed by atoms with Crippen molar-refractivity contribution in [2.24, 2.45) is 16.7 Å². The molecule has 0 spiro atoms. The predicted molar refractivity (Wildman–Crippen MR) is 65.4 cm³/mol. The second-order valence-electron chi connectivity index (χ2n) is 7.08. The summed E-state index contributed by atoms with van der Waals surface area (Å²) in [5, 5.41) is 3.92. The molecule has 2 saturated carbocycles. The summed E-state index contributed by atoms with van der Waals surface area (Å²) in [5.41, 5.74) is 1.03. The summed E-state index contributed by atoms with van der Waals surface area (Å²) in [7, 11) is 0. The lowest BCUT2D eigenvalue weighted by Crippen LogP contribution is -2.53. The van der Waals surface area contributed by atoms with Crippen LogP contribution in [0.15, 0.2) is 0 Å². The maximum atomic E-state index is 5.49. The monoisotopic (exact) mass is 223 g/mol. The molecular formula is C14H25NO. The zero-order chi connectivity index (χ0) is 11.4. The normalized spacial score (nSPS) is 50.1. The van der Waals surface area contributed by atoms with Crippen molar-refractivity contribution in [3.05, 3.63) is 0 Å². The summed E-state index contributed by atoms with van der Waals surface area (Å²) in [5.74, 6) is 0.942. The van der Waals surface area contributed by atoms with Gasteiger partial charge in [0.1, 0.15) is 0 Å². The Hall–Kier alpha value is -0.0800. The molecule has 0 aromatic carbocycles. The van der Waals surface area contributed by atoms with Crippen molar-refractivity contribution in [1.82, 2.24) is 5.32 Å². The molecule has 1 saturated heterocycles. The van der Waals surface area contributed by atoms with Gasteiger partial charge in [0, 0.05) is 18.7 Å².